The van der Waals surface area contributed by atoms with E-state index in [1.807, 2.05) is 0 Å². The van der Waals surface area contributed by atoms with Gasteiger partial charge in [-0.25, -0.2) is 4.39 Å². The Morgan fingerprint density at radius 3 is 2.56 bits per heavy atom. The minimum Gasteiger partial charge on any atom is -0.481 e. The monoisotopic (exact) mass is 266 g/mol. The number of hydrogen-bond donors (Lipinski definition) is 1. The molecule has 0 amide bonds. The van der Waals surface area contributed by atoms with Crippen molar-refractivity contribution in [2.24, 2.45) is 5.92 Å². The van der Waals surface area contributed by atoms with Crippen molar-refractivity contribution in [1.82, 2.24) is 0 Å². The van der Waals surface area contributed by atoms with E-state index < -0.39 is 29.8 Å². The Bertz CT molecular complexity index is 442. The molecular formula is C11H10F4O3. The standard InChI is InChI=1S/C11H10F4O3/c1-6(10(16)17)5-7-3-2-4-8(9(7)12)18-11(13,14)15/h2-4,6H,5H2,1H3,(H,16,17). The zero-order valence-corrected chi connectivity index (χ0v) is 9.29. The van der Waals surface area contributed by atoms with Crippen LogP contribution in [0.15, 0.2) is 18.2 Å². The average molecular weight is 266 g/mol. The molecule has 0 spiro atoms. The number of benzene rings is 1. The van der Waals surface area contributed by atoms with Crippen LogP contribution in [0.4, 0.5) is 17.6 Å². The third kappa shape index (κ3) is 3.90. The van der Waals surface area contributed by atoms with Crippen molar-refractivity contribution < 1.29 is 32.2 Å². The summed E-state index contributed by atoms with van der Waals surface area (Å²) in [6.45, 7) is 1.33. The molecule has 0 fully saturated rings. The van der Waals surface area contributed by atoms with Gasteiger partial charge in [-0.05, 0) is 18.1 Å². The molecule has 1 N–H and O–H groups in total. The lowest BCUT2D eigenvalue weighted by atomic mass is 10.0. The van der Waals surface area contributed by atoms with Gasteiger partial charge < -0.3 is 9.84 Å². The molecule has 1 aromatic carbocycles. The van der Waals surface area contributed by atoms with Gasteiger partial charge in [-0.2, -0.15) is 0 Å². The molecule has 7 heteroatoms. The first-order chi connectivity index (χ1) is 8.20. The largest absolute Gasteiger partial charge is 0.573 e. The molecule has 3 nitrogen and oxygen atoms in total. The maximum Gasteiger partial charge on any atom is 0.573 e. The van der Waals surface area contributed by atoms with Crippen LogP contribution in [0.5, 0.6) is 5.75 Å². The highest BCUT2D eigenvalue weighted by molar-refractivity contribution is 5.69. The van der Waals surface area contributed by atoms with E-state index in [0.29, 0.717) is 0 Å². The second-order valence-corrected chi connectivity index (χ2v) is 3.72. The summed E-state index contributed by atoms with van der Waals surface area (Å²) in [5.74, 6) is -4.21. The Morgan fingerprint density at radius 1 is 1.44 bits per heavy atom. The molecule has 0 heterocycles. The zero-order valence-electron chi connectivity index (χ0n) is 9.29. The van der Waals surface area contributed by atoms with Gasteiger partial charge in [0.25, 0.3) is 0 Å². The van der Waals surface area contributed by atoms with Gasteiger partial charge in [0.1, 0.15) is 0 Å². The van der Waals surface area contributed by atoms with Gasteiger partial charge in [0.15, 0.2) is 11.6 Å². The molecule has 0 saturated heterocycles. The summed E-state index contributed by atoms with van der Waals surface area (Å²) < 4.78 is 53.0. The number of ether oxygens (including phenoxy) is 1. The number of alkyl halides is 3. The number of aliphatic carboxylic acids is 1. The van der Waals surface area contributed by atoms with Crippen LogP contribution in [0.1, 0.15) is 12.5 Å². The van der Waals surface area contributed by atoms with Crippen LogP contribution < -0.4 is 4.74 Å². The van der Waals surface area contributed by atoms with Crippen molar-refractivity contribution in [3.63, 3.8) is 0 Å². The lowest BCUT2D eigenvalue weighted by Gasteiger charge is -2.13. The Labute approximate surface area is 100.0 Å². The second kappa shape index (κ2) is 5.24. The van der Waals surface area contributed by atoms with Gasteiger partial charge in [-0.3, -0.25) is 4.79 Å². The SMILES string of the molecule is CC(Cc1cccc(OC(F)(F)F)c1F)C(=O)O. The molecule has 0 aromatic heterocycles. The average Bonchev–Trinajstić information content (AvgIpc) is 2.21. The molecule has 1 atom stereocenters. The maximum atomic E-state index is 13.6. The molecule has 0 aliphatic carbocycles. The van der Waals surface area contributed by atoms with Crippen molar-refractivity contribution in [1.29, 1.82) is 0 Å². The van der Waals surface area contributed by atoms with Crippen molar-refractivity contribution in [2.75, 3.05) is 0 Å². The smallest absolute Gasteiger partial charge is 0.481 e. The number of rotatable bonds is 4. The fraction of sp³-hybridized carbons (Fsp3) is 0.364. The first kappa shape index (κ1) is 14.3. The number of halogens is 4. The highest BCUT2D eigenvalue weighted by Gasteiger charge is 2.32. The Hall–Kier alpha value is -1.79. The quantitative estimate of drug-likeness (QED) is 0.852. The summed E-state index contributed by atoms with van der Waals surface area (Å²) >= 11 is 0. The molecule has 0 aliphatic rings. The van der Waals surface area contributed by atoms with Gasteiger partial charge >= 0.3 is 12.3 Å². The second-order valence-electron chi connectivity index (χ2n) is 3.72. The summed E-state index contributed by atoms with van der Waals surface area (Å²) in [4.78, 5) is 10.6. The lowest BCUT2D eigenvalue weighted by molar-refractivity contribution is -0.275. The minimum absolute atomic E-state index is 0.133. The Kier molecular flexibility index (Phi) is 4.15. The van der Waals surface area contributed by atoms with Crippen LogP contribution >= 0.6 is 0 Å². The third-order valence-electron chi connectivity index (χ3n) is 2.22. The van der Waals surface area contributed by atoms with E-state index in [4.69, 9.17) is 5.11 Å². The summed E-state index contributed by atoms with van der Waals surface area (Å²) in [6.07, 6.45) is -5.20. The molecule has 100 valence electrons. The van der Waals surface area contributed by atoms with E-state index in [0.717, 1.165) is 6.07 Å². The van der Waals surface area contributed by atoms with Gasteiger partial charge in [-0.15, -0.1) is 13.2 Å². The van der Waals surface area contributed by atoms with E-state index >= 15 is 0 Å². The normalized spacial score (nSPS) is 13.2. The van der Waals surface area contributed by atoms with Crippen LogP contribution in [-0.4, -0.2) is 17.4 Å². The minimum atomic E-state index is -4.99. The topological polar surface area (TPSA) is 46.5 Å². The molecule has 1 unspecified atom stereocenters. The number of hydrogen-bond acceptors (Lipinski definition) is 2. The summed E-state index contributed by atoms with van der Waals surface area (Å²) in [5.41, 5.74) is -0.133. The Morgan fingerprint density at radius 2 is 2.06 bits per heavy atom. The van der Waals surface area contributed by atoms with E-state index in [9.17, 15) is 22.4 Å². The highest BCUT2D eigenvalue weighted by Crippen LogP contribution is 2.28. The van der Waals surface area contributed by atoms with Crippen LogP contribution in [0.2, 0.25) is 0 Å². The van der Waals surface area contributed by atoms with Crippen molar-refractivity contribution in [2.45, 2.75) is 19.7 Å². The third-order valence-corrected chi connectivity index (χ3v) is 2.22. The van der Waals surface area contributed by atoms with E-state index in [1.54, 1.807) is 0 Å². The lowest BCUT2D eigenvalue weighted by Crippen LogP contribution is -2.19. The van der Waals surface area contributed by atoms with E-state index in [1.165, 1.54) is 19.1 Å². The molecular weight excluding hydrogens is 256 g/mol. The predicted molar refractivity (Wildman–Crippen MR) is 53.6 cm³/mol. The first-order valence-electron chi connectivity index (χ1n) is 4.96. The fourth-order valence-corrected chi connectivity index (χ4v) is 1.33. The van der Waals surface area contributed by atoms with Crippen molar-refractivity contribution >= 4 is 5.97 Å². The summed E-state index contributed by atoms with van der Waals surface area (Å²) in [7, 11) is 0. The van der Waals surface area contributed by atoms with Crippen molar-refractivity contribution in [3.8, 4) is 5.75 Å². The molecule has 0 bridgehead atoms. The predicted octanol–water partition coefficient (Wildman–Crippen LogP) is 2.99. The molecule has 0 aliphatic heterocycles. The highest BCUT2D eigenvalue weighted by atomic mass is 19.4. The van der Waals surface area contributed by atoms with Crippen molar-refractivity contribution in [3.05, 3.63) is 29.6 Å². The number of carboxylic acids is 1. The van der Waals surface area contributed by atoms with Crippen LogP contribution in [0.3, 0.4) is 0 Å². The van der Waals surface area contributed by atoms with Crippen LogP contribution in [-0.2, 0) is 11.2 Å². The maximum absolute atomic E-state index is 13.6. The number of carbonyl (C=O) groups is 1. The molecule has 1 rings (SSSR count). The molecule has 0 saturated carbocycles. The molecule has 0 radical (unpaired) electrons. The van der Waals surface area contributed by atoms with E-state index in [2.05, 4.69) is 4.74 Å². The molecule has 18 heavy (non-hydrogen) atoms. The number of carboxylic acid groups (broad SMARTS) is 1. The van der Waals surface area contributed by atoms with Crippen LogP contribution in [0, 0.1) is 11.7 Å². The Balaban J connectivity index is 2.95. The molecule has 1 aromatic rings. The van der Waals surface area contributed by atoms with Crippen LogP contribution in [0.25, 0.3) is 0 Å². The van der Waals surface area contributed by atoms with Gasteiger partial charge in [0.05, 0.1) is 5.92 Å². The summed E-state index contributed by atoms with van der Waals surface area (Å²) in [5, 5.41) is 8.66. The van der Waals surface area contributed by atoms with Gasteiger partial charge in [0.2, 0.25) is 0 Å². The fourth-order valence-electron chi connectivity index (χ4n) is 1.33. The van der Waals surface area contributed by atoms with Gasteiger partial charge in [-0.1, -0.05) is 19.1 Å². The first-order valence-corrected chi connectivity index (χ1v) is 4.96. The van der Waals surface area contributed by atoms with E-state index in [-0.39, 0.29) is 12.0 Å². The van der Waals surface area contributed by atoms with Gasteiger partial charge in [0, 0.05) is 0 Å². The summed E-state index contributed by atoms with van der Waals surface area (Å²) in [6, 6.07) is 3.23. The zero-order chi connectivity index (χ0) is 13.9.